The molecule has 0 aromatic heterocycles. The van der Waals surface area contributed by atoms with Crippen LogP contribution in [0.2, 0.25) is 0 Å². The zero-order valence-electron chi connectivity index (χ0n) is 10.5. The van der Waals surface area contributed by atoms with Gasteiger partial charge in [0.25, 0.3) is 0 Å². The van der Waals surface area contributed by atoms with E-state index in [-0.39, 0.29) is 0 Å². The average Bonchev–Trinajstić information content (AvgIpc) is 2.74. The Morgan fingerprint density at radius 2 is 2.00 bits per heavy atom. The molecule has 0 unspecified atom stereocenters. The summed E-state index contributed by atoms with van der Waals surface area (Å²) >= 11 is 0. The van der Waals surface area contributed by atoms with Gasteiger partial charge in [-0.1, -0.05) is 38.1 Å². The van der Waals surface area contributed by atoms with Gasteiger partial charge in [-0.15, -0.1) is 0 Å². The minimum atomic E-state index is 0.473. The van der Waals surface area contributed by atoms with Gasteiger partial charge < -0.3 is 0 Å². The van der Waals surface area contributed by atoms with Crippen molar-refractivity contribution < 1.29 is 4.84 Å². The highest BCUT2D eigenvalue weighted by molar-refractivity contribution is 5.34. The molecular formula is C15H19NO. The first-order valence-electron chi connectivity index (χ1n) is 6.78. The molecule has 1 aromatic rings. The van der Waals surface area contributed by atoms with Gasteiger partial charge in [0.1, 0.15) is 0 Å². The van der Waals surface area contributed by atoms with E-state index in [0.717, 1.165) is 24.8 Å². The molecule has 1 saturated carbocycles. The summed E-state index contributed by atoms with van der Waals surface area (Å²) in [6.07, 6.45) is 1.61. The molecule has 2 fully saturated rings. The van der Waals surface area contributed by atoms with Crippen molar-refractivity contribution in [2.24, 2.45) is 17.8 Å². The summed E-state index contributed by atoms with van der Waals surface area (Å²) in [7, 11) is 0. The minimum absolute atomic E-state index is 0.473. The average molecular weight is 229 g/mol. The van der Waals surface area contributed by atoms with E-state index in [1.54, 1.807) is 0 Å². The summed E-state index contributed by atoms with van der Waals surface area (Å²) in [6, 6.07) is 9.44. The van der Waals surface area contributed by atoms with E-state index < -0.39 is 0 Å². The van der Waals surface area contributed by atoms with Crippen LogP contribution in [0.25, 0.3) is 0 Å². The lowest BCUT2D eigenvalue weighted by atomic mass is 9.60. The van der Waals surface area contributed by atoms with Gasteiger partial charge in [-0.05, 0) is 29.4 Å². The SMILES string of the molecule is C[C@@H]1[C@H](C)[C@@H]2[C@H]1ON1CCc3ccccc3[C@@H]21. The third-order valence-electron chi connectivity index (χ3n) is 5.24. The van der Waals surface area contributed by atoms with Crippen molar-refractivity contribution in [2.45, 2.75) is 32.4 Å². The maximum Gasteiger partial charge on any atom is 0.0871 e. The van der Waals surface area contributed by atoms with Crippen molar-refractivity contribution in [1.29, 1.82) is 0 Å². The Hall–Kier alpha value is -0.860. The maximum atomic E-state index is 6.14. The number of hydrogen-bond acceptors (Lipinski definition) is 2. The molecule has 2 heteroatoms. The van der Waals surface area contributed by atoms with Crippen LogP contribution >= 0.6 is 0 Å². The highest BCUT2D eigenvalue weighted by Crippen LogP contribution is 2.57. The van der Waals surface area contributed by atoms with E-state index in [9.17, 15) is 0 Å². The van der Waals surface area contributed by atoms with Crippen LogP contribution in [0, 0.1) is 17.8 Å². The van der Waals surface area contributed by atoms with Crippen LogP contribution in [0.15, 0.2) is 24.3 Å². The highest BCUT2D eigenvalue weighted by atomic mass is 16.7. The molecule has 2 aliphatic heterocycles. The molecule has 2 heterocycles. The summed E-state index contributed by atoms with van der Waals surface area (Å²) in [5.41, 5.74) is 3.05. The first-order chi connectivity index (χ1) is 8.27. The molecule has 0 amide bonds. The fourth-order valence-electron chi connectivity index (χ4n) is 4.04. The van der Waals surface area contributed by atoms with Gasteiger partial charge in [-0.3, -0.25) is 4.84 Å². The lowest BCUT2D eigenvalue weighted by molar-refractivity contribution is -0.193. The standard InChI is InChI=1S/C15H19NO/c1-9-10(2)15-13(9)14-12-6-4-3-5-11(12)7-8-16(14)17-15/h3-6,9-10,13-15H,7-8H2,1-2H3/t9-,10+,13-,14-,15-/m0/s1. The quantitative estimate of drug-likeness (QED) is 0.678. The predicted molar refractivity (Wildman–Crippen MR) is 66.3 cm³/mol. The van der Waals surface area contributed by atoms with E-state index in [1.807, 2.05) is 0 Å². The molecule has 2 nitrogen and oxygen atoms in total. The number of hydrogen-bond donors (Lipinski definition) is 0. The number of fused-ring (bicyclic) bond motifs is 5. The Balaban J connectivity index is 1.77. The second-order valence-corrected chi connectivity index (χ2v) is 5.90. The lowest BCUT2D eigenvalue weighted by Crippen LogP contribution is -2.47. The lowest BCUT2D eigenvalue weighted by Gasteiger charge is -2.45. The molecule has 1 saturated heterocycles. The van der Waals surface area contributed by atoms with Crippen LogP contribution in [-0.2, 0) is 11.3 Å². The maximum absolute atomic E-state index is 6.14. The van der Waals surface area contributed by atoms with Crippen molar-refractivity contribution in [3.8, 4) is 0 Å². The molecular weight excluding hydrogens is 210 g/mol. The van der Waals surface area contributed by atoms with Crippen LogP contribution < -0.4 is 0 Å². The van der Waals surface area contributed by atoms with E-state index in [1.165, 1.54) is 11.1 Å². The van der Waals surface area contributed by atoms with Crippen LogP contribution in [0.4, 0.5) is 0 Å². The van der Waals surface area contributed by atoms with Crippen molar-refractivity contribution in [3.63, 3.8) is 0 Å². The number of benzene rings is 1. The normalized spacial score (nSPS) is 43.5. The van der Waals surface area contributed by atoms with Gasteiger partial charge in [0, 0.05) is 12.5 Å². The molecule has 1 aliphatic carbocycles. The fourth-order valence-corrected chi connectivity index (χ4v) is 4.04. The smallest absolute Gasteiger partial charge is 0.0871 e. The summed E-state index contributed by atoms with van der Waals surface area (Å²) in [5, 5.41) is 2.26. The topological polar surface area (TPSA) is 12.5 Å². The first-order valence-corrected chi connectivity index (χ1v) is 6.78. The monoisotopic (exact) mass is 229 g/mol. The molecule has 90 valence electrons. The van der Waals surface area contributed by atoms with Gasteiger partial charge in [0.05, 0.1) is 12.1 Å². The summed E-state index contributed by atoms with van der Waals surface area (Å²) in [5.74, 6) is 2.23. The van der Waals surface area contributed by atoms with Crippen LogP contribution in [-0.4, -0.2) is 17.7 Å². The van der Waals surface area contributed by atoms with E-state index in [4.69, 9.17) is 4.84 Å². The Bertz CT molecular complexity index is 458. The Kier molecular flexibility index (Phi) is 1.98. The molecule has 4 rings (SSSR count). The molecule has 3 aliphatic rings. The zero-order chi connectivity index (χ0) is 11.6. The fraction of sp³-hybridized carbons (Fsp3) is 0.600. The zero-order valence-corrected chi connectivity index (χ0v) is 10.5. The number of hydroxylamine groups is 2. The molecule has 0 N–H and O–H groups in total. The molecule has 0 spiro atoms. The Morgan fingerprint density at radius 3 is 2.88 bits per heavy atom. The first kappa shape index (κ1) is 10.1. The second-order valence-electron chi connectivity index (χ2n) is 5.90. The van der Waals surface area contributed by atoms with Gasteiger partial charge in [0.15, 0.2) is 0 Å². The van der Waals surface area contributed by atoms with Crippen molar-refractivity contribution in [2.75, 3.05) is 6.54 Å². The largest absolute Gasteiger partial charge is 0.294 e. The van der Waals surface area contributed by atoms with E-state index in [0.29, 0.717) is 18.1 Å². The summed E-state index contributed by atoms with van der Waals surface area (Å²) in [6.45, 7) is 5.78. The van der Waals surface area contributed by atoms with E-state index in [2.05, 4.69) is 43.2 Å². The van der Waals surface area contributed by atoms with E-state index >= 15 is 0 Å². The molecule has 17 heavy (non-hydrogen) atoms. The third kappa shape index (κ3) is 1.18. The van der Waals surface area contributed by atoms with Crippen LogP contribution in [0.3, 0.4) is 0 Å². The van der Waals surface area contributed by atoms with Crippen LogP contribution in [0.1, 0.15) is 31.0 Å². The Morgan fingerprint density at radius 1 is 1.18 bits per heavy atom. The molecule has 0 bridgehead atoms. The molecule has 0 radical (unpaired) electrons. The predicted octanol–water partition coefficient (Wildman–Crippen LogP) is 2.80. The van der Waals surface area contributed by atoms with Crippen LogP contribution in [0.5, 0.6) is 0 Å². The van der Waals surface area contributed by atoms with Gasteiger partial charge in [0.2, 0.25) is 0 Å². The van der Waals surface area contributed by atoms with Crippen molar-refractivity contribution in [1.82, 2.24) is 5.06 Å². The molecule has 5 atom stereocenters. The van der Waals surface area contributed by atoms with Crippen molar-refractivity contribution >= 4 is 0 Å². The second kappa shape index (κ2) is 3.33. The Labute approximate surface area is 103 Å². The highest BCUT2D eigenvalue weighted by Gasteiger charge is 2.58. The number of nitrogens with zero attached hydrogens (tertiary/aromatic N) is 1. The molecule has 1 aromatic carbocycles. The minimum Gasteiger partial charge on any atom is -0.294 e. The van der Waals surface area contributed by atoms with Crippen molar-refractivity contribution in [3.05, 3.63) is 35.4 Å². The van der Waals surface area contributed by atoms with Gasteiger partial charge >= 0.3 is 0 Å². The van der Waals surface area contributed by atoms with Gasteiger partial charge in [-0.25, -0.2) is 0 Å². The third-order valence-corrected chi connectivity index (χ3v) is 5.24. The van der Waals surface area contributed by atoms with Gasteiger partial charge in [-0.2, -0.15) is 5.06 Å². The summed E-state index contributed by atoms with van der Waals surface area (Å²) < 4.78 is 0. The number of rotatable bonds is 0. The summed E-state index contributed by atoms with van der Waals surface area (Å²) in [4.78, 5) is 6.14.